The van der Waals surface area contributed by atoms with E-state index in [1.54, 1.807) is 0 Å². The summed E-state index contributed by atoms with van der Waals surface area (Å²) in [5.41, 5.74) is 4.83. The third-order valence-electron chi connectivity index (χ3n) is 3.22. The number of carbonyl (C=O) groups is 4. The van der Waals surface area contributed by atoms with Gasteiger partial charge in [-0.25, -0.2) is 4.79 Å². The number of nitrogens with two attached hydrogens (primary N) is 1. The van der Waals surface area contributed by atoms with Gasteiger partial charge in [0.15, 0.2) is 0 Å². The van der Waals surface area contributed by atoms with Crippen LogP contribution >= 0.6 is 25.3 Å². The minimum atomic E-state index is -0.919. The molecule has 0 aliphatic carbocycles. The second-order valence-corrected chi connectivity index (χ2v) is 6.27. The van der Waals surface area contributed by atoms with Crippen LogP contribution in [0.4, 0.5) is 4.79 Å². The number of ether oxygens (including phenoxy) is 1. The molecule has 0 aliphatic rings. The number of amides is 4. The Morgan fingerprint density at radius 2 is 1.58 bits per heavy atom. The van der Waals surface area contributed by atoms with Crippen LogP contribution in [-0.2, 0) is 19.1 Å². The first kappa shape index (κ1) is 24.4. The zero-order chi connectivity index (χ0) is 19.8. The van der Waals surface area contributed by atoms with Crippen molar-refractivity contribution in [2.24, 2.45) is 5.73 Å². The Hall–Kier alpha value is -1.62. The van der Waals surface area contributed by atoms with Crippen LogP contribution in [0.1, 0.15) is 32.1 Å². The number of hydrogen-bond donors (Lipinski definition) is 6. The van der Waals surface area contributed by atoms with E-state index in [2.05, 4.69) is 45.9 Å². The van der Waals surface area contributed by atoms with Gasteiger partial charge in [0.2, 0.25) is 17.7 Å². The maximum absolute atomic E-state index is 12.2. The summed E-state index contributed by atoms with van der Waals surface area (Å²) in [6.45, 7) is 0.550. The van der Waals surface area contributed by atoms with Gasteiger partial charge in [-0.2, -0.15) is 25.3 Å². The van der Waals surface area contributed by atoms with Gasteiger partial charge in [0.05, 0.1) is 6.54 Å². The van der Waals surface area contributed by atoms with E-state index in [4.69, 9.17) is 5.73 Å². The average Bonchev–Trinajstić information content (AvgIpc) is 2.57. The minimum absolute atomic E-state index is 0.0461. The number of unbranched alkanes of at least 4 members (excludes halogenated alkanes) is 1. The number of nitrogens with one attached hydrogen (secondary N) is 3. The van der Waals surface area contributed by atoms with Gasteiger partial charge in [-0.15, -0.1) is 0 Å². The Bertz CT molecular complexity index is 465. The molecule has 0 spiro atoms. The predicted molar refractivity (Wildman–Crippen MR) is 104 cm³/mol. The van der Waals surface area contributed by atoms with Crippen LogP contribution in [0.2, 0.25) is 0 Å². The zero-order valence-corrected chi connectivity index (χ0v) is 16.5. The van der Waals surface area contributed by atoms with Crippen molar-refractivity contribution in [3.63, 3.8) is 0 Å². The molecule has 0 saturated heterocycles. The van der Waals surface area contributed by atoms with Gasteiger partial charge >= 0.3 is 6.09 Å². The lowest BCUT2D eigenvalue weighted by Crippen LogP contribution is -2.47. The number of hydrogen-bond acceptors (Lipinski definition) is 7. The fourth-order valence-electron chi connectivity index (χ4n) is 1.98. The Kier molecular flexibility index (Phi) is 14.6. The Balaban J connectivity index is 4.28. The van der Waals surface area contributed by atoms with Crippen LogP contribution in [-0.4, -0.2) is 61.1 Å². The SMILES string of the molecule is NC(=O)OCCNC(=O)[C@H](CCCCNC(=O)CCS)NC(=O)CCS. The van der Waals surface area contributed by atoms with Crippen molar-refractivity contribution in [1.29, 1.82) is 0 Å². The Morgan fingerprint density at radius 3 is 2.19 bits per heavy atom. The highest BCUT2D eigenvalue weighted by Gasteiger charge is 2.19. The summed E-state index contributed by atoms with van der Waals surface area (Å²) < 4.78 is 4.53. The third kappa shape index (κ3) is 13.6. The van der Waals surface area contributed by atoms with Crippen molar-refractivity contribution in [1.82, 2.24) is 16.0 Å². The van der Waals surface area contributed by atoms with Crippen LogP contribution in [0.3, 0.4) is 0 Å². The lowest BCUT2D eigenvalue weighted by molar-refractivity contribution is -0.129. The number of carbonyl (C=O) groups excluding carboxylic acids is 4. The molecule has 1 atom stereocenters. The van der Waals surface area contributed by atoms with E-state index in [1.807, 2.05) is 0 Å². The predicted octanol–water partition coefficient (Wildman–Crippen LogP) is -0.391. The summed E-state index contributed by atoms with van der Waals surface area (Å²) in [7, 11) is 0. The Labute approximate surface area is 164 Å². The first-order valence-corrected chi connectivity index (χ1v) is 9.65. The van der Waals surface area contributed by atoms with Crippen molar-refractivity contribution in [3.05, 3.63) is 0 Å². The van der Waals surface area contributed by atoms with E-state index in [0.717, 1.165) is 0 Å². The fourth-order valence-corrected chi connectivity index (χ4v) is 2.38. The molecule has 0 unspecified atom stereocenters. The van der Waals surface area contributed by atoms with Crippen LogP contribution < -0.4 is 21.7 Å². The highest BCUT2D eigenvalue weighted by atomic mass is 32.1. The topological polar surface area (TPSA) is 140 Å². The second-order valence-electron chi connectivity index (χ2n) is 5.37. The van der Waals surface area contributed by atoms with Gasteiger partial charge in [0.1, 0.15) is 12.6 Å². The summed E-state index contributed by atoms with van der Waals surface area (Å²) >= 11 is 7.97. The van der Waals surface area contributed by atoms with Crippen LogP contribution in [0.25, 0.3) is 0 Å². The van der Waals surface area contributed by atoms with Crippen molar-refractivity contribution < 1.29 is 23.9 Å². The molecule has 0 aromatic carbocycles. The Morgan fingerprint density at radius 1 is 0.923 bits per heavy atom. The maximum Gasteiger partial charge on any atom is 0.404 e. The molecule has 0 aromatic rings. The van der Waals surface area contributed by atoms with E-state index < -0.39 is 12.1 Å². The first-order valence-electron chi connectivity index (χ1n) is 8.38. The molecular weight excluding hydrogens is 380 g/mol. The highest BCUT2D eigenvalue weighted by Crippen LogP contribution is 2.02. The van der Waals surface area contributed by atoms with E-state index in [0.29, 0.717) is 43.7 Å². The van der Waals surface area contributed by atoms with Crippen LogP contribution in [0, 0.1) is 0 Å². The maximum atomic E-state index is 12.2. The highest BCUT2D eigenvalue weighted by molar-refractivity contribution is 7.80. The molecule has 11 heteroatoms. The summed E-state index contributed by atoms with van der Waals surface area (Å²) in [4.78, 5) is 45.7. The third-order valence-corrected chi connectivity index (χ3v) is 3.66. The lowest BCUT2D eigenvalue weighted by atomic mass is 10.1. The number of primary amides is 1. The van der Waals surface area contributed by atoms with Gasteiger partial charge in [0, 0.05) is 19.4 Å². The molecule has 0 saturated carbocycles. The zero-order valence-electron chi connectivity index (χ0n) is 14.7. The van der Waals surface area contributed by atoms with Gasteiger partial charge < -0.3 is 26.4 Å². The molecule has 9 nitrogen and oxygen atoms in total. The summed E-state index contributed by atoms with van der Waals surface area (Å²) in [6.07, 6.45) is 1.38. The van der Waals surface area contributed by atoms with E-state index in [1.165, 1.54) is 0 Å². The molecular formula is C15H28N4O5S2. The van der Waals surface area contributed by atoms with Gasteiger partial charge in [-0.05, 0) is 30.8 Å². The first-order chi connectivity index (χ1) is 12.4. The smallest absolute Gasteiger partial charge is 0.404 e. The molecule has 26 heavy (non-hydrogen) atoms. The molecule has 0 bridgehead atoms. The molecule has 150 valence electrons. The number of thiol groups is 2. The molecule has 0 radical (unpaired) electrons. The molecule has 5 N–H and O–H groups in total. The monoisotopic (exact) mass is 408 g/mol. The van der Waals surface area contributed by atoms with E-state index in [9.17, 15) is 19.2 Å². The van der Waals surface area contributed by atoms with Gasteiger partial charge in [-0.1, -0.05) is 0 Å². The summed E-state index contributed by atoms with van der Waals surface area (Å²) in [6, 6.07) is -0.705. The van der Waals surface area contributed by atoms with Crippen LogP contribution in [0.5, 0.6) is 0 Å². The van der Waals surface area contributed by atoms with Crippen molar-refractivity contribution in [2.45, 2.75) is 38.1 Å². The molecule has 0 fully saturated rings. The van der Waals surface area contributed by atoms with Crippen molar-refractivity contribution in [2.75, 3.05) is 31.2 Å². The standard InChI is InChI=1S/C15H28N4O5S2/c16-15(23)24-8-7-18-14(22)11(19-13(21)5-10-26)3-1-2-6-17-12(20)4-9-25/h11,25-26H,1-10H2,(H2,16,23)(H,17,20)(H,18,22)(H,19,21)/t11-/m0/s1. The fraction of sp³-hybridized carbons (Fsp3) is 0.733. The molecule has 4 amide bonds. The normalized spacial score (nSPS) is 11.3. The minimum Gasteiger partial charge on any atom is -0.448 e. The summed E-state index contributed by atoms with van der Waals surface area (Å²) in [5, 5.41) is 7.99. The average molecular weight is 409 g/mol. The van der Waals surface area contributed by atoms with Crippen LogP contribution in [0.15, 0.2) is 0 Å². The second kappa shape index (κ2) is 15.6. The van der Waals surface area contributed by atoms with Crippen molar-refractivity contribution >= 4 is 49.1 Å². The van der Waals surface area contributed by atoms with Gasteiger partial charge in [0.25, 0.3) is 0 Å². The molecule has 0 rings (SSSR count). The largest absolute Gasteiger partial charge is 0.448 e. The number of rotatable bonds is 14. The quantitative estimate of drug-likeness (QED) is 0.172. The molecule has 0 aromatic heterocycles. The van der Waals surface area contributed by atoms with Gasteiger partial charge in [-0.3, -0.25) is 14.4 Å². The lowest BCUT2D eigenvalue weighted by Gasteiger charge is -2.18. The summed E-state index contributed by atoms with van der Waals surface area (Å²) in [5.74, 6) is 0.167. The van der Waals surface area contributed by atoms with E-state index >= 15 is 0 Å². The van der Waals surface area contributed by atoms with E-state index in [-0.39, 0.29) is 37.3 Å². The molecule has 0 heterocycles. The van der Waals surface area contributed by atoms with Crippen molar-refractivity contribution in [3.8, 4) is 0 Å². The molecule has 0 aliphatic heterocycles.